The molecule has 0 N–H and O–H groups in total. The first-order valence-corrected chi connectivity index (χ1v) is 6.78. The molecule has 0 aromatic heterocycles. The Labute approximate surface area is 103 Å². The SMILES string of the molecule is COCCCCCN(C)C(=O)CN(C)SC. The van der Waals surface area contributed by atoms with Gasteiger partial charge in [0.05, 0.1) is 6.54 Å². The van der Waals surface area contributed by atoms with E-state index >= 15 is 0 Å². The molecule has 0 aliphatic rings. The molecule has 0 fully saturated rings. The Bertz CT molecular complexity index is 191. The van der Waals surface area contributed by atoms with Gasteiger partial charge in [-0.2, -0.15) is 0 Å². The van der Waals surface area contributed by atoms with Crippen LogP contribution in [0.1, 0.15) is 19.3 Å². The molecule has 5 heteroatoms. The second-order valence-corrected chi connectivity index (χ2v) is 4.83. The van der Waals surface area contributed by atoms with Gasteiger partial charge in [-0.3, -0.25) is 4.79 Å². The van der Waals surface area contributed by atoms with E-state index in [1.165, 1.54) is 0 Å². The number of rotatable bonds is 9. The fourth-order valence-corrected chi connectivity index (χ4v) is 1.51. The van der Waals surface area contributed by atoms with Gasteiger partial charge in [0, 0.05) is 27.3 Å². The quantitative estimate of drug-likeness (QED) is 0.457. The highest BCUT2D eigenvalue weighted by Gasteiger charge is 2.10. The molecule has 0 spiro atoms. The number of hydrogen-bond donors (Lipinski definition) is 0. The first kappa shape index (κ1) is 15.7. The number of methoxy groups -OCH3 is 1. The van der Waals surface area contributed by atoms with Gasteiger partial charge in [0.25, 0.3) is 0 Å². The molecular weight excluding hydrogens is 224 g/mol. The molecule has 16 heavy (non-hydrogen) atoms. The molecule has 0 aliphatic carbocycles. The van der Waals surface area contributed by atoms with Crippen LogP contribution in [0.15, 0.2) is 0 Å². The first-order chi connectivity index (χ1) is 7.61. The highest BCUT2D eigenvalue weighted by atomic mass is 32.2. The number of carbonyl (C=O) groups excluding carboxylic acids is 1. The van der Waals surface area contributed by atoms with E-state index in [2.05, 4.69) is 0 Å². The number of ether oxygens (including phenoxy) is 1. The lowest BCUT2D eigenvalue weighted by atomic mass is 10.2. The van der Waals surface area contributed by atoms with Crippen LogP contribution >= 0.6 is 11.9 Å². The maximum Gasteiger partial charge on any atom is 0.237 e. The van der Waals surface area contributed by atoms with Crippen LogP contribution in [0.3, 0.4) is 0 Å². The van der Waals surface area contributed by atoms with Gasteiger partial charge in [0.2, 0.25) is 5.91 Å². The third kappa shape index (κ3) is 7.96. The number of hydrogen-bond acceptors (Lipinski definition) is 4. The molecule has 0 atom stereocenters. The molecular formula is C11H24N2O2S. The van der Waals surface area contributed by atoms with Crippen molar-refractivity contribution in [3.05, 3.63) is 0 Å². The summed E-state index contributed by atoms with van der Waals surface area (Å²) in [6.45, 7) is 2.13. The summed E-state index contributed by atoms with van der Waals surface area (Å²) in [6, 6.07) is 0. The summed E-state index contributed by atoms with van der Waals surface area (Å²) in [4.78, 5) is 13.5. The lowest BCUT2D eigenvalue weighted by Gasteiger charge is -2.20. The number of amides is 1. The molecule has 0 radical (unpaired) electrons. The molecule has 0 aliphatic heterocycles. The second kappa shape index (κ2) is 9.93. The Morgan fingerprint density at radius 1 is 1.25 bits per heavy atom. The zero-order valence-corrected chi connectivity index (χ0v) is 11.7. The molecule has 1 amide bonds. The van der Waals surface area contributed by atoms with Gasteiger partial charge in [0.1, 0.15) is 0 Å². The van der Waals surface area contributed by atoms with E-state index < -0.39 is 0 Å². The Hall–Kier alpha value is -0.260. The van der Waals surface area contributed by atoms with Crippen LogP contribution in [0.5, 0.6) is 0 Å². The summed E-state index contributed by atoms with van der Waals surface area (Å²) in [5, 5.41) is 0. The summed E-state index contributed by atoms with van der Waals surface area (Å²) in [7, 11) is 5.51. The maximum atomic E-state index is 11.7. The number of unbranched alkanes of at least 4 members (excludes halogenated alkanes) is 2. The minimum Gasteiger partial charge on any atom is -0.385 e. The molecule has 4 nitrogen and oxygen atoms in total. The zero-order valence-electron chi connectivity index (χ0n) is 10.9. The molecule has 0 saturated heterocycles. The number of likely N-dealkylation sites (N-methyl/N-ethyl adjacent to an activating group) is 2. The normalized spacial score (nSPS) is 10.8. The van der Waals surface area contributed by atoms with E-state index in [4.69, 9.17) is 4.74 Å². The second-order valence-electron chi connectivity index (χ2n) is 3.84. The molecule has 0 saturated carbocycles. The monoisotopic (exact) mass is 248 g/mol. The van der Waals surface area contributed by atoms with Crippen molar-refractivity contribution < 1.29 is 9.53 Å². The van der Waals surface area contributed by atoms with Crippen LogP contribution in [0.4, 0.5) is 0 Å². The molecule has 0 unspecified atom stereocenters. The average molecular weight is 248 g/mol. The first-order valence-electron chi connectivity index (χ1n) is 5.60. The van der Waals surface area contributed by atoms with Crippen molar-refractivity contribution in [2.45, 2.75) is 19.3 Å². The molecule has 96 valence electrons. The summed E-state index contributed by atoms with van der Waals surface area (Å²) in [6.07, 6.45) is 5.21. The van der Waals surface area contributed by atoms with Gasteiger partial charge in [-0.25, -0.2) is 4.31 Å². The van der Waals surface area contributed by atoms with Crippen molar-refractivity contribution in [1.29, 1.82) is 0 Å². The minimum absolute atomic E-state index is 0.184. The lowest BCUT2D eigenvalue weighted by molar-refractivity contribution is -0.129. The van der Waals surface area contributed by atoms with E-state index in [0.717, 1.165) is 32.4 Å². The zero-order chi connectivity index (χ0) is 12.4. The average Bonchev–Trinajstić information content (AvgIpc) is 2.28. The van der Waals surface area contributed by atoms with Crippen molar-refractivity contribution in [3.8, 4) is 0 Å². The van der Waals surface area contributed by atoms with E-state index in [-0.39, 0.29) is 5.91 Å². The van der Waals surface area contributed by atoms with Gasteiger partial charge < -0.3 is 9.64 Å². The molecule has 0 aromatic rings. The molecule has 0 rings (SSSR count). The van der Waals surface area contributed by atoms with Gasteiger partial charge in [-0.05, 0) is 32.6 Å². The fourth-order valence-electron chi connectivity index (χ4n) is 1.27. The van der Waals surface area contributed by atoms with Gasteiger partial charge >= 0.3 is 0 Å². The van der Waals surface area contributed by atoms with Gasteiger partial charge in [-0.1, -0.05) is 11.9 Å². The van der Waals surface area contributed by atoms with Crippen molar-refractivity contribution in [1.82, 2.24) is 9.21 Å². The predicted octanol–water partition coefficient (Wildman–Crippen LogP) is 1.47. The van der Waals surface area contributed by atoms with Crippen LogP contribution in [0.25, 0.3) is 0 Å². The third-order valence-corrected chi connectivity index (χ3v) is 3.19. The van der Waals surface area contributed by atoms with Crippen molar-refractivity contribution in [3.63, 3.8) is 0 Å². The maximum absolute atomic E-state index is 11.7. The van der Waals surface area contributed by atoms with Crippen molar-refractivity contribution in [2.75, 3.05) is 47.2 Å². The summed E-state index contributed by atoms with van der Waals surface area (Å²) in [5.41, 5.74) is 0. The van der Waals surface area contributed by atoms with E-state index in [9.17, 15) is 4.79 Å². The number of nitrogens with zero attached hydrogens (tertiary/aromatic N) is 2. The molecule has 0 aromatic carbocycles. The Morgan fingerprint density at radius 2 is 1.94 bits per heavy atom. The standard InChI is InChI=1S/C11H24N2O2S/c1-12(8-6-5-7-9-15-3)11(14)10-13(2)16-4/h5-10H2,1-4H3. The Balaban J connectivity index is 3.55. The lowest BCUT2D eigenvalue weighted by Crippen LogP contribution is -2.34. The van der Waals surface area contributed by atoms with Crippen LogP contribution < -0.4 is 0 Å². The minimum atomic E-state index is 0.184. The smallest absolute Gasteiger partial charge is 0.237 e. The predicted molar refractivity (Wildman–Crippen MR) is 69.5 cm³/mol. The topological polar surface area (TPSA) is 32.8 Å². The van der Waals surface area contributed by atoms with E-state index in [1.54, 1.807) is 24.0 Å². The molecule has 0 heterocycles. The van der Waals surface area contributed by atoms with Gasteiger partial charge in [-0.15, -0.1) is 0 Å². The summed E-state index contributed by atoms with van der Waals surface area (Å²) >= 11 is 1.57. The van der Waals surface area contributed by atoms with Crippen LogP contribution in [-0.2, 0) is 9.53 Å². The van der Waals surface area contributed by atoms with Crippen LogP contribution in [-0.4, -0.2) is 62.3 Å². The Kier molecular flexibility index (Phi) is 9.77. The summed E-state index contributed by atoms with van der Waals surface area (Å²) < 4.78 is 6.91. The van der Waals surface area contributed by atoms with Crippen molar-refractivity contribution in [2.24, 2.45) is 0 Å². The number of carbonyl (C=O) groups is 1. The van der Waals surface area contributed by atoms with E-state index in [0.29, 0.717) is 6.54 Å². The molecule has 0 bridgehead atoms. The van der Waals surface area contributed by atoms with Crippen molar-refractivity contribution >= 4 is 17.9 Å². The largest absolute Gasteiger partial charge is 0.385 e. The highest BCUT2D eigenvalue weighted by Crippen LogP contribution is 2.02. The third-order valence-electron chi connectivity index (χ3n) is 2.44. The Morgan fingerprint density at radius 3 is 2.50 bits per heavy atom. The van der Waals surface area contributed by atoms with E-state index in [1.807, 2.05) is 24.7 Å². The van der Waals surface area contributed by atoms with Crippen LogP contribution in [0.2, 0.25) is 0 Å². The van der Waals surface area contributed by atoms with Gasteiger partial charge in [0.15, 0.2) is 0 Å². The van der Waals surface area contributed by atoms with Crippen LogP contribution in [0, 0.1) is 0 Å². The summed E-state index contributed by atoms with van der Waals surface area (Å²) in [5.74, 6) is 0.184. The highest BCUT2D eigenvalue weighted by molar-refractivity contribution is 7.96. The fraction of sp³-hybridized carbons (Fsp3) is 0.909.